The molecule has 1 aromatic heterocycles. The van der Waals surface area contributed by atoms with Crippen LogP contribution >= 0.6 is 11.3 Å². The average molecular weight is 332 g/mol. The number of rotatable bonds is 8. The summed E-state index contributed by atoms with van der Waals surface area (Å²) in [5.74, 6) is 0.118. The van der Waals surface area contributed by atoms with Gasteiger partial charge in [-0.25, -0.2) is 0 Å². The second-order valence-electron chi connectivity index (χ2n) is 5.92. The summed E-state index contributed by atoms with van der Waals surface area (Å²) in [4.78, 5) is 13.5. The largest absolute Gasteiger partial charge is 0.349 e. The first-order valence-corrected chi connectivity index (χ1v) is 9.24. The smallest absolute Gasteiger partial charge is 0.275 e. The Labute approximate surface area is 143 Å². The van der Waals surface area contributed by atoms with Crippen LogP contribution in [0, 0.1) is 6.92 Å². The molecule has 0 aliphatic heterocycles. The molecule has 1 amide bonds. The van der Waals surface area contributed by atoms with E-state index in [-0.39, 0.29) is 18.0 Å². The van der Waals surface area contributed by atoms with Gasteiger partial charge >= 0.3 is 0 Å². The molecule has 0 aliphatic rings. The maximum atomic E-state index is 12.2. The second kappa shape index (κ2) is 8.85. The maximum Gasteiger partial charge on any atom is 0.275 e. The van der Waals surface area contributed by atoms with Crippen LogP contribution in [0.1, 0.15) is 48.7 Å². The number of carbonyl (C=O) groups is 1. The van der Waals surface area contributed by atoms with E-state index < -0.39 is 0 Å². The lowest BCUT2D eigenvalue weighted by Crippen LogP contribution is -2.87. The third-order valence-electron chi connectivity index (χ3n) is 4.18. The molecule has 3 nitrogen and oxygen atoms in total. The lowest BCUT2D eigenvalue weighted by Gasteiger charge is -2.17. The highest BCUT2D eigenvalue weighted by Gasteiger charge is 2.20. The molecule has 2 rings (SSSR count). The van der Waals surface area contributed by atoms with Crippen molar-refractivity contribution in [3.05, 3.63) is 57.8 Å². The molecule has 0 saturated carbocycles. The highest BCUT2D eigenvalue weighted by atomic mass is 32.1. The highest BCUT2D eigenvalue weighted by Crippen LogP contribution is 2.22. The molecule has 0 unspecified atom stereocenters. The van der Waals surface area contributed by atoms with E-state index in [2.05, 4.69) is 73.2 Å². The molecule has 1 heterocycles. The van der Waals surface area contributed by atoms with Crippen molar-refractivity contribution in [1.29, 1.82) is 0 Å². The van der Waals surface area contributed by atoms with E-state index in [0.29, 0.717) is 6.54 Å². The summed E-state index contributed by atoms with van der Waals surface area (Å²) in [7, 11) is 0. The van der Waals surface area contributed by atoms with E-state index in [9.17, 15) is 4.79 Å². The Morgan fingerprint density at radius 1 is 1.17 bits per heavy atom. The van der Waals surface area contributed by atoms with Crippen molar-refractivity contribution in [3.63, 3.8) is 0 Å². The fourth-order valence-corrected chi connectivity index (χ4v) is 3.51. The van der Waals surface area contributed by atoms with Crippen LogP contribution in [0.2, 0.25) is 0 Å². The van der Waals surface area contributed by atoms with E-state index in [0.717, 1.165) is 12.8 Å². The molecule has 1 atom stereocenters. The Kier molecular flexibility index (Phi) is 6.81. The lowest BCUT2D eigenvalue weighted by atomic mass is 10.0. The van der Waals surface area contributed by atoms with Crippen molar-refractivity contribution in [2.75, 3.05) is 6.54 Å². The van der Waals surface area contributed by atoms with Crippen molar-refractivity contribution >= 4 is 17.2 Å². The Balaban J connectivity index is 2.04. The van der Waals surface area contributed by atoms with Crippen molar-refractivity contribution < 1.29 is 10.1 Å². The molecule has 4 heteroatoms. The number of hydrogen-bond acceptors (Lipinski definition) is 2. The Morgan fingerprint density at radius 2 is 1.87 bits per heavy atom. The fourth-order valence-electron chi connectivity index (χ4n) is 2.66. The van der Waals surface area contributed by atoms with Gasteiger partial charge in [-0.15, -0.1) is 11.3 Å². The topological polar surface area (TPSA) is 45.7 Å². The van der Waals surface area contributed by atoms with Crippen LogP contribution in [0.25, 0.3) is 0 Å². The first kappa shape index (κ1) is 17.7. The van der Waals surface area contributed by atoms with Gasteiger partial charge in [0.1, 0.15) is 6.04 Å². The molecule has 0 bridgehead atoms. The average Bonchev–Trinajstić information content (AvgIpc) is 3.08. The van der Waals surface area contributed by atoms with Gasteiger partial charge in [-0.2, -0.15) is 0 Å². The number of amides is 1. The highest BCUT2D eigenvalue weighted by molar-refractivity contribution is 7.10. The number of aryl methyl sites for hydroxylation is 1. The van der Waals surface area contributed by atoms with Crippen molar-refractivity contribution in [3.8, 4) is 0 Å². The number of nitrogens with two attached hydrogens (primary N) is 1. The first-order chi connectivity index (χ1) is 11.1. The van der Waals surface area contributed by atoms with Crippen molar-refractivity contribution in [2.24, 2.45) is 0 Å². The second-order valence-corrected chi connectivity index (χ2v) is 6.90. The summed E-state index contributed by atoms with van der Waals surface area (Å²) < 4.78 is 0. The van der Waals surface area contributed by atoms with Gasteiger partial charge in [-0.1, -0.05) is 49.7 Å². The van der Waals surface area contributed by atoms with Gasteiger partial charge in [-0.05, 0) is 31.2 Å². The predicted molar refractivity (Wildman–Crippen MR) is 96.6 cm³/mol. The number of carbonyl (C=O) groups excluding carboxylic acids is 1. The van der Waals surface area contributed by atoms with Crippen LogP contribution in [-0.4, -0.2) is 18.5 Å². The van der Waals surface area contributed by atoms with Gasteiger partial charge in [-0.3, -0.25) is 4.79 Å². The van der Waals surface area contributed by atoms with E-state index in [1.807, 2.05) is 0 Å². The predicted octanol–water partition coefficient (Wildman–Crippen LogP) is 3.01. The minimum Gasteiger partial charge on any atom is -0.349 e. The van der Waals surface area contributed by atoms with Crippen LogP contribution in [0.5, 0.6) is 0 Å². The minimum atomic E-state index is 0.118. The van der Waals surface area contributed by atoms with E-state index in [4.69, 9.17) is 0 Å². The number of nitrogens with one attached hydrogen (secondary N) is 1. The minimum absolute atomic E-state index is 0.118. The molecule has 2 aromatic rings. The molecule has 0 fully saturated rings. The SMILES string of the molecule is CCC(CC)NC(=O)C[NH2+][C@H](c1ccc(C)cc1)c1cccs1. The number of benzene rings is 1. The van der Waals surface area contributed by atoms with Crippen molar-refractivity contribution in [2.45, 2.75) is 45.7 Å². The van der Waals surface area contributed by atoms with E-state index in [1.165, 1.54) is 16.0 Å². The monoisotopic (exact) mass is 331 g/mol. The maximum absolute atomic E-state index is 12.2. The van der Waals surface area contributed by atoms with Crippen LogP contribution in [0.4, 0.5) is 0 Å². The lowest BCUT2D eigenvalue weighted by molar-refractivity contribution is -0.676. The molecule has 0 saturated heterocycles. The summed E-state index contributed by atoms with van der Waals surface area (Å²) in [6.45, 7) is 6.77. The Morgan fingerprint density at radius 3 is 2.43 bits per heavy atom. The zero-order chi connectivity index (χ0) is 16.7. The quantitative estimate of drug-likeness (QED) is 0.767. The van der Waals surface area contributed by atoms with Gasteiger partial charge in [0, 0.05) is 11.6 Å². The van der Waals surface area contributed by atoms with Crippen LogP contribution in [-0.2, 0) is 4.79 Å². The molecular weight excluding hydrogens is 304 g/mol. The van der Waals surface area contributed by atoms with E-state index in [1.54, 1.807) is 11.3 Å². The normalized spacial score (nSPS) is 12.3. The zero-order valence-corrected chi connectivity index (χ0v) is 15.0. The molecule has 1 aromatic carbocycles. The Hall–Kier alpha value is -1.65. The fraction of sp³-hybridized carbons (Fsp3) is 0.421. The first-order valence-electron chi connectivity index (χ1n) is 8.36. The van der Waals surface area contributed by atoms with Crippen LogP contribution in [0.15, 0.2) is 41.8 Å². The van der Waals surface area contributed by atoms with E-state index >= 15 is 0 Å². The molecule has 0 spiro atoms. The summed E-state index contributed by atoms with van der Waals surface area (Å²) in [6.07, 6.45) is 1.96. The number of thiophene rings is 1. The van der Waals surface area contributed by atoms with Crippen LogP contribution < -0.4 is 10.6 Å². The molecule has 23 heavy (non-hydrogen) atoms. The van der Waals surface area contributed by atoms with Crippen molar-refractivity contribution in [1.82, 2.24) is 5.32 Å². The molecule has 124 valence electrons. The third-order valence-corrected chi connectivity index (χ3v) is 5.13. The molecule has 3 N–H and O–H groups in total. The number of quaternary nitrogens is 1. The molecule has 0 radical (unpaired) electrons. The zero-order valence-electron chi connectivity index (χ0n) is 14.2. The van der Waals surface area contributed by atoms with Gasteiger partial charge < -0.3 is 10.6 Å². The summed E-state index contributed by atoms with van der Waals surface area (Å²) >= 11 is 1.74. The number of hydrogen-bond donors (Lipinski definition) is 2. The molecular formula is C19H27N2OS+. The van der Waals surface area contributed by atoms with Gasteiger partial charge in [0.2, 0.25) is 0 Å². The van der Waals surface area contributed by atoms with Gasteiger partial charge in [0.05, 0.1) is 4.88 Å². The third kappa shape index (κ3) is 5.19. The molecule has 0 aliphatic carbocycles. The summed E-state index contributed by atoms with van der Waals surface area (Å²) in [5.41, 5.74) is 2.50. The summed E-state index contributed by atoms with van der Waals surface area (Å²) in [5, 5.41) is 7.34. The van der Waals surface area contributed by atoms with Gasteiger partial charge in [0.25, 0.3) is 5.91 Å². The summed E-state index contributed by atoms with van der Waals surface area (Å²) in [6, 6.07) is 13.3. The van der Waals surface area contributed by atoms with Crippen LogP contribution in [0.3, 0.4) is 0 Å². The Bertz CT molecular complexity index is 588. The van der Waals surface area contributed by atoms with Gasteiger partial charge in [0.15, 0.2) is 6.54 Å². The standard InChI is InChI=1S/C19H26N2OS/c1-4-16(5-2)21-18(22)13-20-19(17-7-6-12-23-17)15-10-8-14(3)9-11-15/h6-12,16,19-20H,4-5,13H2,1-3H3,(H,21,22)/p+1/t19-/m1/s1.